The van der Waals surface area contributed by atoms with Crippen molar-refractivity contribution in [3.63, 3.8) is 0 Å². The van der Waals surface area contributed by atoms with E-state index in [2.05, 4.69) is 102 Å². The highest BCUT2D eigenvalue weighted by Gasteiger charge is 2.26. The lowest BCUT2D eigenvalue weighted by atomic mass is 9.90. The molecule has 0 unspecified atom stereocenters. The second-order valence-electron chi connectivity index (χ2n) is 8.90. The number of para-hydroxylation sites is 1. The number of thiophene rings is 1. The number of benzene rings is 1. The molecular formula is C26H34N2S. The summed E-state index contributed by atoms with van der Waals surface area (Å²) in [6.07, 6.45) is 1.07. The molecule has 1 aromatic carbocycles. The third kappa shape index (κ3) is 4.72. The highest BCUT2D eigenvalue weighted by atomic mass is 32.1. The number of aromatic nitrogens is 1. The smallest absolute Gasteiger partial charge is 0.0806 e. The summed E-state index contributed by atoms with van der Waals surface area (Å²) in [5.41, 5.74) is 5.84. The summed E-state index contributed by atoms with van der Waals surface area (Å²) < 4.78 is 0. The zero-order valence-electron chi connectivity index (χ0n) is 18.8. The first-order valence-electron chi connectivity index (χ1n) is 10.7. The highest BCUT2D eigenvalue weighted by molar-refractivity contribution is 7.15. The summed E-state index contributed by atoms with van der Waals surface area (Å²) in [4.78, 5) is 7.70. The molecule has 0 atom stereocenters. The van der Waals surface area contributed by atoms with Gasteiger partial charge < -0.3 is 5.32 Å². The van der Waals surface area contributed by atoms with E-state index in [0.717, 1.165) is 17.8 Å². The predicted molar refractivity (Wildman–Crippen MR) is 128 cm³/mol. The molecule has 0 saturated heterocycles. The Morgan fingerprint density at radius 3 is 2.07 bits per heavy atom. The molecule has 1 N–H and O–H groups in total. The number of hydrogen-bond acceptors (Lipinski definition) is 3. The van der Waals surface area contributed by atoms with Gasteiger partial charge in [0.25, 0.3) is 0 Å². The molecule has 0 radical (unpaired) electrons. The SMILES string of the molecule is CCc1ccc(-c2cccc(C(C)(C)Nc3c(C(C)C)cccc3C(C)C)n2)s1. The molecule has 0 aliphatic heterocycles. The van der Waals surface area contributed by atoms with Crippen molar-refractivity contribution in [1.82, 2.24) is 4.98 Å². The van der Waals surface area contributed by atoms with Crippen LogP contribution >= 0.6 is 11.3 Å². The fourth-order valence-electron chi connectivity index (χ4n) is 3.70. The molecule has 0 fully saturated rings. The van der Waals surface area contributed by atoms with Crippen molar-refractivity contribution < 1.29 is 0 Å². The second-order valence-corrected chi connectivity index (χ2v) is 10.1. The normalized spacial score (nSPS) is 12.0. The van der Waals surface area contributed by atoms with Crippen molar-refractivity contribution in [2.45, 2.75) is 72.3 Å². The van der Waals surface area contributed by atoms with Gasteiger partial charge in [0.1, 0.15) is 0 Å². The summed E-state index contributed by atoms with van der Waals surface area (Å²) >= 11 is 1.84. The van der Waals surface area contributed by atoms with Crippen LogP contribution in [0, 0.1) is 0 Å². The van der Waals surface area contributed by atoms with Crippen LogP contribution in [-0.2, 0) is 12.0 Å². The van der Waals surface area contributed by atoms with Gasteiger partial charge in [-0.05, 0) is 67.5 Å². The van der Waals surface area contributed by atoms with E-state index in [1.807, 2.05) is 11.3 Å². The minimum Gasteiger partial charge on any atom is -0.374 e. The Labute approximate surface area is 180 Å². The molecule has 0 aliphatic rings. The van der Waals surface area contributed by atoms with Crippen LogP contribution in [0.15, 0.2) is 48.5 Å². The Bertz CT molecular complexity index is 940. The van der Waals surface area contributed by atoms with Gasteiger partial charge in [-0.1, -0.05) is 58.9 Å². The van der Waals surface area contributed by atoms with Crippen LogP contribution in [0.4, 0.5) is 5.69 Å². The van der Waals surface area contributed by atoms with Crippen LogP contribution in [0.25, 0.3) is 10.6 Å². The van der Waals surface area contributed by atoms with E-state index in [0.29, 0.717) is 11.8 Å². The van der Waals surface area contributed by atoms with Gasteiger partial charge in [-0.2, -0.15) is 0 Å². The summed E-state index contributed by atoms with van der Waals surface area (Å²) in [6, 6.07) is 17.5. The van der Waals surface area contributed by atoms with Crippen LogP contribution in [0.5, 0.6) is 0 Å². The monoisotopic (exact) mass is 406 g/mol. The van der Waals surface area contributed by atoms with Crippen molar-refractivity contribution in [3.8, 4) is 10.6 Å². The number of anilines is 1. The summed E-state index contributed by atoms with van der Waals surface area (Å²) in [7, 11) is 0. The van der Waals surface area contributed by atoms with Crippen molar-refractivity contribution in [1.29, 1.82) is 0 Å². The molecule has 3 heteroatoms. The molecule has 2 heterocycles. The maximum Gasteiger partial charge on any atom is 0.0806 e. The van der Waals surface area contributed by atoms with Gasteiger partial charge in [0, 0.05) is 10.6 Å². The molecular weight excluding hydrogens is 372 g/mol. The lowest BCUT2D eigenvalue weighted by Crippen LogP contribution is -2.30. The molecule has 0 aliphatic carbocycles. The first-order valence-corrected chi connectivity index (χ1v) is 11.5. The van der Waals surface area contributed by atoms with Crippen LogP contribution in [0.1, 0.15) is 82.0 Å². The fraction of sp³-hybridized carbons (Fsp3) is 0.423. The average molecular weight is 407 g/mol. The van der Waals surface area contributed by atoms with Gasteiger partial charge in [-0.15, -0.1) is 11.3 Å². The first kappa shape index (κ1) is 21.6. The van der Waals surface area contributed by atoms with Crippen LogP contribution in [-0.4, -0.2) is 4.98 Å². The van der Waals surface area contributed by atoms with E-state index in [1.165, 1.54) is 26.6 Å². The van der Waals surface area contributed by atoms with Gasteiger partial charge >= 0.3 is 0 Å². The molecule has 2 aromatic heterocycles. The quantitative estimate of drug-likeness (QED) is 0.430. The van der Waals surface area contributed by atoms with Gasteiger partial charge in [0.05, 0.1) is 21.8 Å². The zero-order valence-corrected chi connectivity index (χ0v) is 19.7. The Morgan fingerprint density at radius 2 is 1.52 bits per heavy atom. The molecule has 0 spiro atoms. The van der Waals surface area contributed by atoms with Crippen LogP contribution in [0.3, 0.4) is 0 Å². The van der Waals surface area contributed by atoms with Gasteiger partial charge in [0.2, 0.25) is 0 Å². The zero-order chi connectivity index (χ0) is 21.2. The van der Waals surface area contributed by atoms with Crippen molar-refractivity contribution in [2.24, 2.45) is 0 Å². The fourth-order valence-corrected chi connectivity index (χ4v) is 4.61. The van der Waals surface area contributed by atoms with E-state index >= 15 is 0 Å². The third-order valence-corrected chi connectivity index (χ3v) is 6.71. The Morgan fingerprint density at radius 1 is 0.897 bits per heavy atom. The summed E-state index contributed by atoms with van der Waals surface area (Å²) in [6.45, 7) is 15.7. The number of pyridine rings is 1. The number of nitrogens with zero attached hydrogens (tertiary/aromatic N) is 1. The molecule has 2 nitrogen and oxygen atoms in total. The van der Waals surface area contributed by atoms with Crippen molar-refractivity contribution >= 4 is 17.0 Å². The number of aryl methyl sites for hydroxylation is 1. The van der Waals surface area contributed by atoms with E-state index in [1.54, 1.807) is 0 Å². The summed E-state index contributed by atoms with van der Waals surface area (Å²) in [5.74, 6) is 0.926. The maximum atomic E-state index is 5.06. The molecule has 3 rings (SSSR count). The summed E-state index contributed by atoms with van der Waals surface area (Å²) in [5, 5.41) is 3.87. The van der Waals surface area contributed by atoms with Crippen molar-refractivity contribution in [2.75, 3.05) is 5.32 Å². The molecule has 0 bridgehead atoms. The third-order valence-electron chi connectivity index (χ3n) is 5.46. The van der Waals surface area contributed by atoms with Crippen molar-refractivity contribution in [3.05, 3.63) is 70.2 Å². The maximum absolute atomic E-state index is 5.06. The highest BCUT2D eigenvalue weighted by Crippen LogP contribution is 2.37. The van der Waals surface area contributed by atoms with E-state index in [4.69, 9.17) is 4.98 Å². The van der Waals surface area contributed by atoms with Crippen LogP contribution in [0.2, 0.25) is 0 Å². The lowest BCUT2D eigenvalue weighted by Gasteiger charge is -2.31. The number of nitrogens with one attached hydrogen (secondary N) is 1. The number of hydrogen-bond donors (Lipinski definition) is 1. The minimum absolute atomic E-state index is 0.282. The molecule has 29 heavy (non-hydrogen) atoms. The van der Waals surface area contributed by atoms with E-state index < -0.39 is 0 Å². The minimum atomic E-state index is -0.282. The lowest BCUT2D eigenvalue weighted by molar-refractivity contribution is 0.584. The Balaban J connectivity index is 1.99. The predicted octanol–water partition coefficient (Wildman–Crippen LogP) is 7.97. The van der Waals surface area contributed by atoms with Crippen LogP contribution < -0.4 is 5.32 Å². The molecule has 3 aromatic rings. The largest absolute Gasteiger partial charge is 0.374 e. The topological polar surface area (TPSA) is 24.9 Å². The number of rotatable bonds is 7. The first-order chi connectivity index (χ1) is 13.7. The van der Waals surface area contributed by atoms with E-state index in [9.17, 15) is 0 Å². The van der Waals surface area contributed by atoms with Gasteiger partial charge in [0.15, 0.2) is 0 Å². The second kappa shape index (κ2) is 8.71. The van der Waals surface area contributed by atoms with Gasteiger partial charge in [-0.3, -0.25) is 0 Å². The molecule has 0 amide bonds. The van der Waals surface area contributed by atoms with Gasteiger partial charge in [-0.25, -0.2) is 4.98 Å². The van der Waals surface area contributed by atoms with E-state index in [-0.39, 0.29) is 5.54 Å². The Hall–Kier alpha value is -2.13. The molecule has 154 valence electrons. The standard InChI is InChI=1S/C26H34N2S/c1-8-19-15-16-23(29-19)22-13-10-14-24(27-22)26(6,7)28-25-20(17(2)3)11-9-12-21(25)18(4)5/h9-18,28H,8H2,1-7H3. The average Bonchev–Trinajstić information content (AvgIpc) is 3.17. The molecule has 0 saturated carbocycles. The Kier molecular flexibility index (Phi) is 6.48.